The molecule has 0 atom stereocenters. The number of methoxy groups -OCH3 is 1. The summed E-state index contributed by atoms with van der Waals surface area (Å²) in [5.41, 5.74) is 2.81. The predicted molar refractivity (Wildman–Crippen MR) is 91.4 cm³/mol. The summed E-state index contributed by atoms with van der Waals surface area (Å²) in [5.74, 6) is 0.635. The van der Waals surface area contributed by atoms with Crippen LogP contribution in [0.2, 0.25) is 0 Å². The molecule has 2 rings (SSSR count). The second kappa shape index (κ2) is 7.31. The molecule has 0 saturated heterocycles. The van der Waals surface area contributed by atoms with Crippen molar-refractivity contribution in [2.45, 2.75) is 0 Å². The quantitative estimate of drug-likeness (QED) is 0.860. The average Bonchev–Trinajstić information content (AvgIpc) is 2.54. The molecule has 0 bridgehead atoms. The fourth-order valence-corrected chi connectivity index (χ4v) is 1.91. The number of hydrogen-bond acceptors (Lipinski definition) is 3. The minimum Gasteiger partial charge on any atom is -0.497 e. The van der Waals surface area contributed by atoms with Gasteiger partial charge in [-0.2, -0.15) is 0 Å². The Bertz CT molecular complexity index is 644. The van der Waals surface area contributed by atoms with E-state index in [1.807, 2.05) is 67.5 Å². The third-order valence-corrected chi connectivity index (χ3v) is 3.19. The summed E-state index contributed by atoms with van der Waals surface area (Å²) >= 11 is 0. The van der Waals surface area contributed by atoms with Gasteiger partial charge in [0.25, 0.3) is 0 Å². The van der Waals surface area contributed by atoms with Gasteiger partial charge in [0.05, 0.1) is 7.11 Å². The van der Waals surface area contributed by atoms with Crippen molar-refractivity contribution in [3.63, 3.8) is 0 Å². The minimum absolute atomic E-state index is 0.159. The number of carbonyl (C=O) groups excluding carboxylic acids is 1. The maximum absolute atomic E-state index is 11.9. The monoisotopic (exact) mass is 296 g/mol. The number of nitrogens with zero attached hydrogens (tertiary/aromatic N) is 1. The van der Waals surface area contributed by atoms with Crippen molar-refractivity contribution in [1.82, 2.24) is 0 Å². The van der Waals surface area contributed by atoms with Crippen LogP contribution < -0.4 is 15.0 Å². The molecule has 0 saturated carbocycles. The van der Waals surface area contributed by atoms with E-state index in [1.54, 1.807) is 13.2 Å². The summed E-state index contributed by atoms with van der Waals surface area (Å²) in [5, 5.41) is 2.83. The van der Waals surface area contributed by atoms with Crippen molar-refractivity contribution in [2.75, 3.05) is 31.4 Å². The first kappa shape index (κ1) is 15.6. The maximum Gasteiger partial charge on any atom is 0.248 e. The number of ether oxygens (including phenoxy) is 1. The summed E-state index contributed by atoms with van der Waals surface area (Å²) < 4.78 is 5.09. The molecule has 4 nitrogen and oxygen atoms in total. The van der Waals surface area contributed by atoms with Crippen molar-refractivity contribution < 1.29 is 9.53 Å². The zero-order valence-corrected chi connectivity index (χ0v) is 13.0. The number of hydrogen-bond donors (Lipinski definition) is 1. The highest BCUT2D eigenvalue weighted by atomic mass is 16.5. The predicted octanol–water partition coefficient (Wildman–Crippen LogP) is 3.41. The number of benzene rings is 2. The van der Waals surface area contributed by atoms with Gasteiger partial charge in [0.15, 0.2) is 0 Å². The van der Waals surface area contributed by atoms with Crippen LogP contribution in [0.1, 0.15) is 5.56 Å². The molecule has 0 aliphatic heterocycles. The molecule has 0 radical (unpaired) electrons. The lowest BCUT2D eigenvalue weighted by Gasteiger charge is -2.12. The molecule has 0 aromatic heterocycles. The van der Waals surface area contributed by atoms with Crippen molar-refractivity contribution in [3.8, 4) is 5.75 Å². The Kier molecular flexibility index (Phi) is 5.20. The van der Waals surface area contributed by atoms with Crippen LogP contribution in [-0.4, -0.2) is 27.1 Å². The van der Waals surface area contributed by atoms with Crippen molar-refractivity contribution in [2.24, 2.45) is 0 Å². The van der Waals surface area contributed by atoms with Crippen LogP contribution in [0.5, 0.6) is 5.75 Å². The number of rotatable bonds is 5. The highest BCUT2D eigenvalue weighted by Gasteiger charge is 1.99. The van der Waals surface area contributed by atoms with E-state index >= 15 is 0 Å². The molecule has 1 N–H and O–H groups in total. The zero-order chi connectivity index (χ0) is 15.9. The molecule has 114 valence electrons. The Labute approximate surface area is 131 Å². The smallest absolute Gasteiger partial charge is 0.248 e. The van der Waals surface area contributed by atoms with Crippen molar-refractivity contribution in [1.29, 1.82) is 0 Å². The molecular weight excluding hydrogens is 276 g/mol. The number of anilines is 2. The van der Waals surface area contributed by atoms with Gasteiger partial charge in [-0.3, -0.25) is 4.79 Å². The number of nitrogens with one attached hydrogen (secondary N) is 1. The van der Waals surface area contributed by atoms with Crippen LogP contribution in [0.15, 0.2) is 54.6 Å². The second-order valence-electron chi connectivity index (χ2n) is 5.04. The molecular formula is C18H20N2O2. The van der Waals surface area contributed by atoms with Gasteiger partial charge in [0.2, 0.25) is 5.91 Å². The van der Waals surface area contributed by atoms with Crippen LogP contribution >= 0.6 is 0 Å². The van der Waals surface area contributed by atoms with Crippen molar-refractivity contribution >= 4 is 23.4 Å². The third kappa shape index (κ3) is 4.38. The Balaban J connectivity index is 1.95. The van der Waals surface area contributed by atoms with E-state index in [-0.39, 0.29) is 5.91 Å². The van der Waals surface area contributed by atoms with Gasteiger partial charge >= 0.3 is 0 Å². The molecule has 0 spiro atoms. The van der Waals surface area contributed by atoms with Gasteiger partial charge in [-0.05, 0) is 48.0 Å². The first-order valence-corrected chi connectivity index (χ1v) is 6.99. The Morgan fingerprint density at radius 1 is 1.05 bits per heavy atom. The molecule has 22 heavy (non-hydrogen) atoms. The number of carbonyl (C=O) groups is 1. The Morgan fingerprint density at radius 2 is 1.68 bits per heavy atom. The Hall–Kier alpha value is -2.75. The molecule has 0 aliphatic rings. The fourth-order valence-electron chi connectivity index (χ4n) is 1.91. The molecule has 4 heteroatoms. The van der Waals surface area contributed by atoms with E-state index in [0.717, 1.165) is 22.7 Å². The van der Waals surface area contributed by atoms with E-state index in [2.05, 4.69) is 5.32 Å². The molecule has 1 amide bonds. The van der Waals surface area contributed by atoms with Gasteiger partial charge in [-0.15, -0.1) is 0 Å². The lowest BCUT2D eigenvalue weighted by atomic mass is 10.2. The second-order valence-corrected chi connectivity index (χ2v) is 5.04. The molecule has 0 aliphatic carbocycles. The van der Waals surface area contributed by atoms with E-state index < -0.39 is 0 Å². The summed E-state index contributed by atoms with van der Waals surface area (Å²) in [6, 6.07) is 15.2. The summed E-state index contributed by atoms with van der Waals surface area (Å²) in [6.07, 6.45) is 3.28. The highest BCUT2D eigenvalue weighted by Crippen LogP contribution is 2.16. The lowest BCUT2D eigenvalue weighted by Crippen LogP contribution is -2.10. The van der Waals surface area contributed by atoms with Crippen LogP contribution in [-0.2, 0) is 4.79 Å². The largest absolute Gasteiger partial charge is 0.497 e. The van der Waals surface area contributed by atoms with Gasteiger partial charge in [0, 0.05) is 31.5 Å². The van der Waals surface area contributed by atoms with Gasteiger partial charge in [-0.1, -0.05) is 12.1 Å². The van der Waals surface area contributed by atoms with E-state index in [0.29, 0.717) is 0 Å². The first-order valence-electron chi connectivity index (χ1n) is 6.99. The van der Waals surface area contributed by atoms with Crippen LogP contribution in [0.4, 0.5) is 11.4 Å². The molecule has 0 heterocycles. The summed E-state index contributed by atoms with van der Waals surface area (Å²) in [4.78, 5) is 13.9. The molecule has 0 unspecified atom stereocenters. The maximum atomic E-state index is 11.9. The Morgan fingerprint density at radius 3 is 2.23 bits per heavy atom. The summed E-state index contributed by atoms with van der Waals surface area (Å²) in [7, 11) is 5.58. The standard InChI is InChI=1S/C18H20N2O2/c1-20(2)16-9-7-15(8-10-16)19-18(21)13-6-14-4-11-17(22-3)12-5-14/h4-13H,1-3H3,(H,19,21)/b13-6+. The minimum atomic E-state index is -0.159. The SMILES string of the molecule is COc1ccc(/C=C/C(=O)Nc2ccc(N(C)C)cc2)cc1. The zero-order valence-electron chi connectivity index (χ0n) is 13.0. The van der Waals surface area contributed by atoms with Gasteiger partial charge in [0.1, 0.15) is 5.75 Å². The molecule has 2 aromatic carbocycles. The summed E-state index contributed by atoms with van der Waals surface area (Å²) in [6.45, 7) is 0. The van der Waals surface area contributed by atoms with Crippen LogP contribution in [0.3, 0.4) is 0 Å². The highest BCUT2D eigenvalue weighted by molar-refractivity contribution is 6.02. The number of amides is 1. The lowest BCUT2D eigenvalue weighted by molar-refractivity contribution is -0.111. The molecule has 0 fully saturated rings. The fraction of sp³-hybridized carbons (Fsp3) is 0.167. The molecule has 2 aromatic rings. The topological polar surface area (TPSA) is 41.6 Å². The van der Waals surface area contributed by atoms with Crippen LogP contribution in [0.25, 0.3) is 6.08 Å². The first-order chi connectivity index (χ1) is 10.6. The average molecular weight is 296 g/mol. The van der Waals surface area contributed by atoms with Crippen molar-refractivity contribution in [3.05, 3.63) is 60.2 Å². The van der Waals surface area contributed by atoms with E-state index in [9.17, 15) is 4.79 Å². The van der Waals surface area contributed by atoms with E-state index in [4.69, 9.17) is 4.74 Å². The van der Waals surface area contributed by atoms with Gasteiger partial charge in [-0.25, -0.2) is 0 Å². The third-order valence-electron chi connectivity index (χ3n) is 3.19. The van der Waals surface area contributed by atoms with Gasteiger partial charge < -0.3 is 15.0 Å². The van der Waals surface area contributed by atoms with Crippen LogP contribution in [0, 0.1) is 0 Å². The van der Waals surface area contributed by atoms with E-state index in [1.165, 1.54) is 6.08 Å². The normalized spacial score (nSPS) is 10.5.